The number of rotatable bonds is 24. The smallest absolute Gasteiger partial charge is 0.299 e. The van der Waals surface area contributed by atoms with Crippen LogP contribution in [0.15, 0.2) is 261 Å². The van der Waals surface area contributed by atoms with Gasteiger partial charge in [0.25, 0.3) is 0 Å². The summed E-state index contributed by atoms with van der Waals surface area (Å²) in [5.41, 5.74) is -0.160. The highest BCUT2D eigenvalue weighted by molar-refractivity contribution is 5.89. The lowest BCUT2D eigenvalue weighted by Gasteiger charge is -2.20. The summed E-state index contributed by atoms with van der Waals surface area (Å²) in [6.45, 7) is 21.3. The molecular formula is C108H95F25O4. The molecular weight excluding hydrogens is 1840 g/mol. The zero-order chi connectivity index (χ0) is 102. The summed E-state index contributed by atoms with van der Waals surface area (Å²) >= 11 is 0. The van der Waals surface area contributed by atoms with Crippen molar-refractivity contribution in [1.82, 2.24) is 0 Å². The van der Waals surface area contributed by atoms with E-state index < -0.39 is 123 Å². The number of benzene rings is 12. The molecule has 0 aliphatic heterocycles. The van der Waals surface area contributed by atoms with Crippen molar-refractivity contribution in [3.05, 3.63) is 333 Å². The molecule has 0 bridgehead atoms. The molecule has 0 aliphatic rings. The SMILES string of the molecule is CC(=O)C(CC(C)C)c1cc(-c2ccc(C(F)(F)F)cc2)cc(-c2cc(C(F)(F)F)cc(C(F)(F)F)c2)c1.CC(=O)C(CC(C)C)c1cc(-c2ccc(C(F)(F)F)cc2)cc(-c2ccc(C(F)(F)F)cc2)c1.CC(=O)C(CC(C)C)c1cc(-c2ccc(C(F)(F)F)cc2)cc(-c2ccccc2C(F)(F)F)c1.CC(=O)C(CC(C)C)c1cc(-c2ccc(C(F)(F)F)cc2)cc(-c2ccccc2F)c1. The van der Waals surface area contributed by atoms with Crippen molar-refractivity contribution in [2.75, 3.05) is 0 Å². The molecule has 0 fully saturated rings. The van der Waals surface area contributed by atoms with Crippen LogP contribution in [0.5, 0.6) is 0 Å². The average Bonchev–Trinajstić information content (AvgIpc) is 0.778. The highest BCUT2D eigenvalue weighted by Gasteiger charge is 2.40. The zero-order valence-electron chi connectivity index (χ0n) is 75.9. The number of Topliss-reactive ketones (excluding diaryl/α,β-unsaturated/α-hetero) is 4. The monoisotopic (exact) mass is 1930 g/mol. The van der Waals surface area contributed by atoms with Gasteiger partial charge in [0.2, 0.25) is 0 Å². The fraction of sp³-hybridized carbons (Fsp3) is 0.296. The van der Waals surface area contributed by atoms with Crippen LogP contribution in [-0.2, 0) is 68.6 Å². The van der Waals surface area contributed by atoms with Gasteiger partial charge in [-0.2, -0.15) is 105 Å². The van der Waals surface area contributed by atoms with Crippen LogP contribution in [0.1, 0.15) is 199 Å². The largest absolute Gasteiger partial charge is 0.417 e. The maximum atomic E-state index is 14.5. The molecule has 137 heavy (non-hydrogen) atoms. The Morgan fingerprint density at radius 2 is 0.394 bits per heavy atom. The van der Waals surface area contributed by atoms with Crippen molar-refractivity contribution in [3.8, 4) is 89.0 Å². The first-order valence-corrected chi connectivity index (χ1v) is 43.2. The predicted molar refractivity (Wildman–Crippen MR) is 481 cm³/mol. The van der Waals surface area contributed by atoms with E-state index in [-0.39, 0.29) is 86.6 Å². The molecule has 0 aromatic heterocycles. The van der Waals surface area contributed by atoms with Gasteiger partial charge >= 0.3 is 49.4 Å². The average molecular weight is 1930 g/mol. The molecule has 0 saturated carbocycles. The number of carbonyl (C=O) groups excluding carboxylic acids is 4. The van der Waals surface area contributed by atoms with Gasteiger partial charge in [0.1, 0.15) is 29.0 Å². The van der Waals surface area contributed by atoms with E-state index in [4.69, 9.17) is 0 Å². The second kappa shape index (κ2) is 43.9. The van der Waals surface area contributed by atoms with Crippen LogP contribution in [-0.4, -0.2) is 23.1 Å². The highest BCUT2D eigenvalue weighted by Crippen LogP contribution is 2.47. The van der Waals surface area contributed by atoms with Crippen molar-refractivity contribution in [2.45, 2.75) is 182 Å². The van der Waals surface area contributed by atoms with Crippen molar-refractivity contribution in [3.63, 3.8) is 0 Å². The Labute approximate surface area is 776 Å². The second-order valence-electron chi connectivity index (χ2n) is 35.2. The Balaban J connectivity index is 0.000000205. The normalized spacial score (nSPS) is 13.2. The Bertz CT molecular complexity index is 6060. The predicted octanol–water partition coefficient (Wildman–Crippen LogP) is 35.2. The molecule has 4 atom stereocenters. The first-order chi connectivity index (χ1) is 63.4. The van der Waals surface area contributed by atoms with Gasteiger partial charge in [-0.15, -0.1) is 0 Å². The summed E-state index contributed by atoms with van der Waals surface area (Å²) in [5, 5.41) is 0. The van der Waals surface area contributed by atoms with Crippen molar-refractivity contribution >= 4 is 23.1 Å². The number of hydrogen-bond donors (Lipinski definition) is 0. The van der Waals surface area contributed by atoms with Gasteiger partial charge in [-0.05, 0) is 298 Å². The Kier molecular flexibility index (Phi) is 34.7. The fourth-order valence-corrected chi connectivity index (χ4v) is 15.8. The van der Waals surface area contributed by atoms with Gasteiger partial charge < -0.3 is 0 Å². The molecule has 29 heteroatoms. The number of carbonyl (C=O) groups is 4. The molecule has 4 nitrogen and oxygen atoms in total. The Morgan fingerprint density at radius 1 is 0.204 bits per heavy atom. The summed E-state index contributed by atoms with van der Waals surface area (Å²) in [6, 6.07) is 54.8. The zero-order valence-corrected chi connectivity index (χ0v) is 75.9. The molecule has 0 heterocycles. The van der Waals surface area contributed by atoms with Crippen LogP contribution in [0.4, 0.5) is 110 Å². The molecule has 0 radical (unpaired) electrons. The van der Waals surface area contributed by atoms with E-state index in [0.29, 0.717) is 110 Å². The van der Waals surface area contributed by atoms with Crippen molar-refractivity contribution in [1.29, 1.82) is 0 Å². The van der Waals surface area contributed by atoms with Crippen LogP contribution >= 0.6 is 0 Å². The Hall–Kier alpha value is -12.4. The lowest BCUT2D eigenvalue weighted by atomic mass is 9.84. The van der Waals surface area contributed by atoms with Crippen LogP contribution in [0.2, 0.25) is 0 Å². The van der Waals surface area contributed by atoms with E-state index >= 15 is 0 Å². The first-order valence-electron chi connectivity index (χ1n) is 43.2. The molecule has 4 unspecified atom stereocenters. The van der Waals surface area contributed by atoms with Gasteiger partial charge in [-0.3, -0.25) is 19.2 Å². The number of alkyl halides is 24. The van der Waals surface area contributed by atoms with E-state index in [1.807, 2.05) is 61.5 Å². The highest BCUT2D eigenvalue weighted by atomic mass is 19.4. The van der Waals surface area contributed by atoms with E-state index in [1.54, 1.807) is 60.7 Å². The third kappa shape index (κ3) is 29.8. The minimum absolute atomic E-state index is 0.00208. The first kappa shape index (κ1) is 108. The molecule has 12 aromatic carbocycles. The quantitative estimate of drug-likeness (QED) is 0.0566. The molecule has 12 aromatic rings. The van der Waals surface area contributed by atoms with Crippen LogP contribution in [0, 0.1) is 29.5 Å². The maximum Gasteiger partial charge on any atom is 0.417 e. The topological polar surface area (TPSA) is 68.3 Å². The van der Waals surface area contributed by atoms with Crippen molar-refractivity contribution < 1.29 is 129 Å². The molecule has 0 N–H and O–H groups in total. The van der Waals surface area contributed by atoms with Crippen LogP contribution in [0.25, 0.3) is 89.0 Å². The van der Waals surface area contributed by atoms with Gasteiger partial charge in [0.05, 0.1) is 44.5 Å². The number of halogens is 25. The fourth-order valence-electron chi connectivity index (χ4n) is 15.8. The molecule has 0 aliphatic carbocycles. The van der Waals surface area contributed by atoms with E-state index in [2.05, 4.69) is 0 Å². The summed E-state index contributed by atoms with van der Waals surface area (Å²) in [4.78, 5) is 49.8. The summed E-state index contributed by atoms with van der Waals surface area (Å²) < 4.78 is 331. The molecule has 0 saturated heterocycles. The summed E-state index contributed by atoms with van der Waals surface area (Å²) in [5.74, 6) is -2.32. The molecule has 0 amide bonds. The minimum Gasteiger partial charge on any atom is -0.299 e. The Morgan fingerprint density at radius 3 is 0.606 bits per heavy atom. The standard InChI is InChI=1S/C28H23F9O.2C27H24F6O.C26H24F4O/c1-15(2)8-25(16(3)38)21-10-18(17-4-6-22(7-5-17)26(29,30)31)9-19(11-21)20-12-23(27(32,33)34)14-24(13-20)28(35,36)37;1-16(2)12-25(17(3)34)22-14-20(18-4-8-23(9-5-18)26(28,29)30)13-21(15-22)19-6-10-24(11-7-19)27(31,32)33;1-16(2)12-24(17(3)34)21-14-19(18-8-10-22(11-9-18)26(28,29)30)13-20(15-21)23-6-4-5-7-25(23)27(31,32)33;1-16(2)12-24(17(3)31)21-14-19(18-8-10-22(11-9-18)26(28,29)30)13-20(15-21)23-6-4-5-7-25(23)27/h4-7,9-15,25H,8H2,1-3H3;4-11,13-16,25H,12H2,1-3H3;4-11,13-16,24H,12H2,1-3H3;4-11,13-16,24H,12H2,1-3H3. The molecule has 12 rings (SSSR count). The summed E-state index contributed by atoms with van der Waals surface area (Å²) in [7, 11) is 0. The minimum atomic E-state index is -5.07. The maximum absolute atomic E-state index is 14.5. The third-order valence-electron chi connectivity index (χ3n) is 22.6. The third-order valence-corrected chi connectivity index (χ3v) is 22.6. The summed E-state index contributed by atoms with van der Waals surface area (Å²) in [6.07, 6.45) is -35.2. The lowest BCUT2D eigenvalue weighted by Crippen LogP contribution is -2.13. The van der Waals surface area contributed by atoms with Gasteiger partial charge in [-0.1, -0.05) is 201 Å². The van der Waals surface area contributed by atoms with Crippen molar-refractivity contribution in [2.24, 2.45) is 23.7 Å². The van der Waals surface area contributed by atoms with E-state index in [9.17, 15) is 129 Å². The van der Waals surface area contributed by atoms with Gasteiger partial charge in [0, 0.05) is 29.2 Å². The van der Waals surface area contributed by atoms with Crippen LogP contribution < -0.4 is 0 Å². The van der Waals surface area contributed by atoms with E-state index in [0.717, 1.165) is 84.4 Å². The molecule has 726 valence electrons. The van der Waals surface area contributed by atoms with E-state index in [1.165, 1.54) is 125 Å². The molecule has 0 spiro atoms. The van der Waals surface area contributed by atoms with Gasteiger partial charge in [0.15, 0.2) is 0 Å². The van der Waals surface area contributed by atoms with Crippen LogP contribution in [0.3, 0.4) is 0 Å². The van der Waals surface area contributed by atoms with Gasteiger partial charge in [-0.25, -0.2) is 4.39 Å². The lowest BCUT2D eigenvalue weighted by molar-refractivity contribution is -0.143. The number of hydrogen-bond acceptors (Lipinski definition) is 4. The number of ketones is 4. The second-order valence-corrected chi connectivity index (χ2v) is 35.2.